The second-order valence-corrected chi connectivity index (χ2v) is 6.26. The molecule has 1 N–H and O–H groups in total. The van der Waals surface area contributed by atoms with Gasteiger partial charge in [0.05, 0.1) is 12.7 Å². The molecule has 1 unspecified atom stereocenters. The summed E-state index contributed by atoms with van der Waals surface area (Å²) in [5.74, 6) is 1.16. The summed E-state index contributed by atoms with van der Waals surface area (Å²) < 4.78 is 6.35. The molecule has 0 saturated carbocycles. The minimum Gasteiger partial charge on any atom is -0.496 e. The molecule has 21 heavy (non-hydrogen) atoms. The number of hydrogen-bond donors (Lipinski definition) is 1. The first-order chi connectivity index (χ1) is 10.1. The van der Waals surface area contributed by atoms with Gasteiger partial charge in [-0.3, -0.25) is 0 Å². The molecular formula is C17H18BrClO2. The highest BCUT2D eigenvalue weighted by Gasteiger charge is 2.30. The van der Waals surface area contributed by atoms with Gasteiger partial charge in [0.15, 0.2) is 0 Å². The van der Waals surface area contributed by atoms with Gasteiger partial charge in [0.2, 0.25) is 0 Å². The molecule has 0 radical (unpaired) electrons. The zero-order valence-corrected chi connectivity index (χ0v) is 14.2. The molecule has 0 amide bonds. The van der Waals surface area contributed by atoms with Crippen molar-refractivity contribution in [1.29, 1.82) is 0 Å². The van der Waals surface area contributed by atoms with Crippen LogP contribution in [0, 0.1) is 0 Å². The second kappa shape index (κ2) is 7.30. The van der Waals surface area contributed by atoms with Crippen LogP contribution in [0.5, 0.6) is 5.75 Å². The van der Waals surface area contributed by atoms with Gasteiger partial charge in [0.25, 0.3) is 0 Å². The van der Waals surface area contributed by atoms with Crippen molar-refractivity contribution >= 4 is 27.5 Å². The summed E-state index contributed by atoms with van der Waals surface area (Å²) in [6.45, 7) is 0. The predicted octanol–water partition coefficient (Wildman–Crippen LogP) is 4.52. The zero-order chi connectivity index (χ0) is 15.3. The fraction of sp³-hybridized carbons (Fsp3) is 0.294. The van der Waals surface area contributed by atoms with E-state index in [9.17, 15) is 5.11 Å². The fourth-order valence-electron chi connectivity index (χ4n) is 2.44. The first kappa shape index (κ1) is 16.3. The summed E-state index contributed by atoms with van der Waals surface area (Å²) in [4.78, 5) is 0. The maximum Gasteiger partial charge on any atom is 0.122 e. The lowest BCUT2D eigenvalue weighted by Crippen LogP contribution is -2.29. The van der Waals surface area contributed by atoms with E-state index in [4.69, 9.17) is 16.3 Å². The van der Waals surface area contributed by atoms with Crippen molar-refractivity contribution in [3.63, 3.8) is 0 Å². The van der Waals surface area contributed by atoms with Gasteiger partial charge in [-0.15, -0.1) is 11.6 Å². The molecule has 0 aliphatic carbocycles. The van der Waals surface area contributed by atoms with E-state index in [0.29, 0.717) is 18.7 Å². The van der Waals surface area contributed by atoms with Crippen LogP contribution in [0.15, 0.2) is 53.0 Å². The Morgan fingerprint density at radius 2 is 1.90 bits per heavy atom. The largest absolute Gasteiger partial charge is 0.496 e. The van der Waals surface area contributed by atoms with Crippen molar-refractivity contribution in [2.24, 2.45) is 0 Å². The normalized spacial score (nSPS) is 13.7. The molecule has 0 aromatic heterocycles. The molecule has 0 fully saturated rings. The Hall–Kier alpha value is -1.03. The van der Waals surface area contributed by atoms with Crippen molar-refractivity contribution in [3.8, 4) is 5.75 Å². The summed E-state index contributed by atoms with van der Waals surface area (Å²) >= 11 is 9.37. The molecule has 1 atom stereocenters. The second-order valence-electron chi connectivity index (χ2n) is 4.97. The third kappa shape index (κ3) is 4.00. The van der Waals surface area contributed by atoms with Crippen LogP contribution in [0.4, 0.5) is 0 Å². The molecule has 0 saturated heterocycles. The number of halogens is 2. The molecule has 4 heteroatoms. The fourth-order valence-corrected chi connectivity index (χ4v) is 3.16. The van der Waals surface area contributed by atoms with Gasteiger partial charge < -0.3 is 9.84 Å². The van der Waals surface area contributed by atoms with Gasteiger partial charge in [-0.2, -0.15) is 0 Å². The number of hydrogen-bond acceptors (Lipinski definition) is 2. The molecular weight excluding hydrogens is 352 g/mol. The molecule has 0 bridgehead atoms. The van der Waals surface area contributed by atoms with Crippen molar-refractivity contribution in [3.05, 3.63) is 64.1 Å². The van der Waals surface area contributed by atoms with E-state index >= 15 is 0 Å². The highest BCUT2D eigenvalue weighted by Crippen LogP contribution is 2.34. The first-order valence-electron chi connectivity index (χ1n) is 6.75. The maximum atomic E-state index is 11.1. The highest BCUT2D eigenvalue weighted by atomic mass is 79.9. The standard InChI is InChI=1S/C17H18BrClO2/c1-21-16-8-7-15(18)11-13(16)12-17(20,9-10-19)14-5-3-2-4-6-14/h2-8,11,20H,9-10,12H2,1H3. The molecule has 0 aliphatic heterocycles. The van der Waals surface area contributed by atoms with Crippen LogP contribution in [0.3, 0.4) is 0 Å². The molecule has 0 heterocycles. The first-order valence-corrected chi connectivity index (χ1v) is 8.08. The maximum absolute atomic E-state index is 11.1. The Bertz CT molecular complexity index is 589. The van der Waals surface area contributed by atoms with Crippen molar-refractivity contribution in [2.75, 3.05) is 13.0 Å². The van der Waals surface area contributed by atoms with Crippen molar-refractivity contribution < 1.29 is 9.84 Å². The predicted molar refractivity (Wildman–Crippen MR) is 90.1 cm³/mol. The molecule has 2 aromatic rings. The minimum absolute atomic E-state index is 0.391. The molecule has 112 valence electrons. The Morgan fingerprint density at radius 3 is 2.52 bits per heavy atom. The van der Waals surface area contributed by atoms with E-state index < -0.39 is 5.60 Å². The van der Waals surface area contributed by atoms with Gasteiger partial charge in [-0.25, -0.2) is 0 Å². The Balaban J connectivity index is 2.39. The van der Waals surface area contributed by atoms with Gasteiger partial charge in [-0.05, 0) is 35.7 Å². The van der Waals surface area contributed by atoms with Gasteiger partial charge in [0.1, 0.15) is 5.75 Å². The summed E-state index contributed by atoms with van der Waals surface area (Å²) in [5, 5.41) is 11.1. The molecule has 0 spiro atoms. The number of rotatable bonds is 6. The zero-order valence-electron chi connectivity index (χ0n) is 11.9. The van der Waals surface area contributed by atoms with Crippen molar-refractivity contribution in [2.45, 2.75) is 18.4 Å². The highest BCUT2D eigenvalue weighted by molar-refractivity contribution is 9.10. The molecule has 2 rings (SSSR count). The summed E-state index contributed by atoms with van der Waals surface area (Å²) in [6, 6.07) is 15.4. The van der Waals surface area contributed by atoms with E-state index in [1.54, 1.807) is 7.11 Å². The van der Waals surface area contributed by atoms with E-state index in [1.807, 2.05) is 48.5 Å². The van der Waals surface area contributed by atoms with Gasteiger partial charge >= 0.3 is 0 Å². The average Bonchev–Trinajstić information content (AvgIpc) is 2.48. The lowest BCUT2D eigenvalue weighted by Gasteiger charge is -2.29. The number of ether oxygens (including phenoxy) is 1. The Morgan fingerprint density at radius 1 is 1.19 bits per heavy atom. The van der Waals surface area contributed by atoms with Crippen LogP contribution < -0.4 is 4.74 Å². The lowest BCUT2D eigenvalue weighted by atomic mass is 9.85. The van der Waals surface area contributed by atoms with E-state index in [0.717, 1.165) is 21.3 Å². The summed E-state index contributed by atoms with van der Waals surface area (Å²) in [6.07, 6.45) is 0.931. The smallest absolute Gasteiger partial charge is 0.122 e. The topological polar surface area (TPSA) is 29.5 Å². The SMILES string of the molecule is COc1ccc(Br)cc1CC(O)(CCCl)c1ccccc1. The molecule has 2 aromatic carbocycles. The molecule has 2 nitrogen and oxygen atoms in total. The van der Waals surface area contributed by atoms with Crippen LogP contribution in [0.2, 0.25) is 0 Å². The Kier molecular flexibility index (Phi) is 5.68. The van der Waals surface area contributed by atoms with Gasteiger partial charge in [-0.1, -0.05) is 46.3 Å². The number of methoxy groups -OCH3 is 1. The van der Waals surface area contributed by atoms with Crippen LogP contribution in [0.25, 0.3) is 0 Å². The van der Waals surface area contributed by atoms with Crippen LogP contribution in [0.1, 0.15) is 17.5 Å². The average molecular weight is 370 g/mol. The minimum atomic E-state index is -1.00. The number of benzene rings is 2. The van der Waals surface area contributed by atoms with E-state index in [2.05, 4.69) is 15.9 Å². The molecule has 0 aliphatic rings. The third-order valence-electron chi connectivity index (χ3n) is 3.54. The Labute approximate surface area is 138 Å². The van der Waals surface area contributed by atoms with Crippen molar-refractivity contribution in [1.82, 2.24) is 0 Å². The van der Waals surface area contributed by atoms with Gasteiger partial charge in [0, 0.05) is 16.8 Å². The monoisotopic (exact) mass is 368 g/mol. The van der Waals surface area contributed by atoms with E-state index in [-0.39, 0.29) is 0 Å². The lowest BCUT2D eigenvalue weighted by molar-refractivity contribution is 0.0331. The summed E-state index contributed by atoms with van der Waals surface area (Å²) in [5.41, 5.74) is 0.813. The number of aliphatic hydroxyl groups is 1. The quantitative estimate of drug-likeness (QED) is 0.759. The van der Waals surface area contributed by atoms with Crippen LogP contribution >= 0.6 is 27.5 Å². The summed E-state index contributed by atoms with van der Waals surface area (Å²) in [7, 11) is 1.63. The van der Waals surface area contributed by atoms with E-state index in [1.165, 1.54) is 0 Å². The third-order valence-corrected chi connectivity index (χ3v) is 4.23. The van der Waals surface area contributed by atoms with Crippen LogP contribution in [-0.4, -0.2) is 18.1 Å². The van der Waals surface area contributed by atoms with Crippen LogP contribution in [-0.2, 0) is 12.0 Å². The number of alkyl halides is 1.